The van der Waals surface area contributed by atoms with Crippen molar-refractivity contribution in [3.8, 4) is 0 Å². The predicted molar refractivity (Wildman–Crippen MR) is 163 cm³/mol. The van der Waals surface area contributed by atoms with Gasteiger partial charge >= 0.3 is 0 Å². The van der Waals surface area contributed by atoms with Crippen molar-refractivity contribution in [2.45, 2.75) is 80.6 Å². The minimum absolute atomic E-state index is 0.267. The summed E-state index contributed by atoms with van der Waals surface area (Å²) in [5, 5.41) is 0.277. The molecule has 212 valence electrons. The standard InChI is InChI=1S/C26H27O3P.C8H14O2/c1-16-12-18(3)23(19(4)13-16)25(27)30(29,22-10-8-7-9-11-22)26(28)24-20(5)14-17(2)15-21(24)6;1-2-3-4-5-6-8(10)7-9/h7-15H,1-6H3;7H,2-6H2,1H3. The maximum absolute atomic E-state index is 14.5. The number of rotatable bonds is 11. The Hall–Kier alpha value is -3.43. The number of unbranched alkanes of at least 4 members (excludes halogenated alkanes) is 3. The molecule has 5 nitrogen and oxygen atoms in total. The molecule has 40 heavy (non-hydrogen) atoms. The molecule has 0 aliphatic heterocycles. The van der Waals surface area contributed by atoms with Crippen LogP contribution in [0.4, 0.5) is 0 Å². The van der Waals surface area contributed by atoms with Crippen LogP contribution in [0.2, 0.25) is 0 Å². The average Bonchev–Trinajstić information content (AvgIpc) is 2.90. The molecule has 6 heteroatoms. The number of Topliss-reactive ketones (excluding diaryl/α,β-unsaturated/α-hetero) is 1. The molecule has 3 aromatic carbocycles. The van der Waals surface area contributed by atoms with E-state index < -0.39 is 18.2 Å². The van der Waals surface area contributed by atoms with Crippen LogP contribution in [0.1, 0.15) is 93.1 Å². The van der Waals surface area contributed by atoms with E-state index >= 15 is 0 Å². The van der Waals surface area contributed by atoms with E-state index in [-0.39, 0.29) is 11.1 Å². The fraction of sp³-hybridized carbons (Fsp3) is 0.353. The quantitative estimate of drug-likeness (QED) is 0.103. The molecule has 0 amide bonds. The molecule has 0 N–H and O–H groups in total. The van der Waals surface area contributed by atoms with Gasteiger partial charge in [-0.05, 0) is 70.2 Å². The zero-order chi connectivity index (χ0) is 30.0. The van der Waals surface area contributed by atoms with Crippen LogP contribution in [0.15, 0.2) is 54.6 Å². The molecule has 0 saturated carbocycles. The zero-order valence-corrected chi connectivity index (χ0v) is 25.7. The van der Waals surface area contributed by atoms with Gasteiger partial charge in [0.25, 0.3) is 0 Å². The zero-order valence-electron chi connectivity index (χ0n) is 24.8. The van der Waals surface area contributed by atoms with Crippen molar-refractivity contribution >= 4 is 35.6 Å². The number of benzene rings is 3. The molecule has 3 rings (SSSR count). The molecule has 0 unspecified atom stereocenters. The topological polar surface area (TPSA) is 85.3 Å². The van der Waals surface area contributed by atoms with Crippen molar-refractivity contribution < 1.29 is 23.7 Å². The molecular formula is C34H41O5P. The summed E-state index contributed by atoms with van der Waals surface area (Å²) in [5.41, 5.74) is 4.56. The fourth-order valence-electron chi connectivity index (χ4n) is 5.10. The number of hydrogen-bond acceptors (Lipinski definition) is 5. The molecule has 0 bridgehead atoms. The van der Waals surface area contributed by atoms with Crippen LogP contribution in [-0.2, 0) is 14.2 Å². The van der Waals surface area contributed by atoms with Gasteiger partial charge in [-0.3, -0.25) is 19.2 Å². The van der Waals surface area contributed by atoms with Gasteiger partial charge in [-0.1, -0.05) is 91.9 Å². The molecule has 0 aromatic heterocycles. The van der Waals surface area contributed by atoms with Gasteiger partial charge in [-0.2, -0.15) is 0 Å². The summed E-state index contributed by atoms with van der Waals surface area (Å²) in [4.78, 5) is 47.9. The van der Waals surface area contributed by atoms with E-state index in [0.29, 0.717) is 23.8 Å². The molecule has 0 aliphatic rings. The number of ketones is 1. The van der Waals surface area contributed by atoms with Crippen LogP contribution in [-0.4, -0.2) is 23.1 Å². The van der Waals surface area contributed by atoms with E-state index in [1.54, 1.807) is 30.3 Å². The minimum Gasteiger partial charge on any atom is -0.302 e. The van der Waals surface area contributed by atoms with Crippen LogP contribution in [0.25, 0.3) is 0 Å². The first-order valence-corrected chi connectivity index (χ1v) is 15.5. The summed E-state index contributed by atoms with van der Waals surface area (Å²) in [7, 11) is -4.11. The van der Waals surface area contributed by atoms with Gasteiger partial charge in [0.1, 0.15) is 0 Å². The maximum Gasteiger partial charge on any atom is 0.248 e. The molecule has 0 heterocycles. The summed E-state index contributed by atoms with van der Waals surface area (Å²) in [6.45, 7) is 13.3. The number of carbonyl (C=O) groups excluding carboxylic acids is 4. The third-order valence-electron chi connectivity index (χ3n) is 6.88. The number of hydrogen-bond donors (Lipinski definition) is 0. The summed E-state index contributed by atoms with van der Waals surface area (Å²) < 4.78 is 14.5. The third kappa shape index (κ3) is 7.82. The van der Waals surface area contributed by atoms with Crippen LogP contribution >= 0.6 is 7.14 Å². The largest absolute Gasteiger partial charge is 0.302 e. The van der Waals surface area contributed by atoms with Crippen LogP contribution in [0.5, 0.6) is 0 Å². The van der Waals surface area contributed by atoms with E-state index in [1.807, 2.05) is 65.8 Å². The lowest BCUT2D eigenvalue weighted by Gasteiger charge is -2.21. The Balaban J connectivity index is 0.000000478. The summed E-state index contributed by atoms with van der Waals surface area (Å²) in [6, 6.07) is 16.0. The van der Waals surface area contributed by atoms with Crippen molar-refractivity contribution in [2.24, 2.45) is 0 Å². The lowest BCUT2D eigenvalue weighted by Crippen LogP contribution is -2.23. The predicted octanol–water partition coefficient (Wildman–Crippen LogP) is 7.93. The second kappa shape index (κ2) is 14.8. The molecule has 0 aliphatic carbocycles. The van der Waals surface area contributed by atoms with Crippen LogP contribution in [0, 0.1) is 41.5 Å². The second-order valence-corrected chi connectivity index (χ2v) is 13.0. The molecule has 0 spiro atoms. The molecule has 3 aromatic rings. The van der Waals surface area contributed by atoms with E-state index in [2.05, 4.69) is 6.92 Å². The first kappa shape index (κ1) is 32.8. The number of aldehydes is 1. The highest BCUT2D eigenvalue weighted by Gasteiger charge is 2.44. The van der Waals surface area contributed by atoms with E-state index in [9.17, 15) is 23.7 Å². The third-order valence-corrected chi connectivity index (χ3v) is 9.50. The lowest BCUT2D eigenvalue weighted by molar-refractivity contribution is -0.129. The monoisotopic (exact) mass is 560 g/mol. The molecule has 0 atom stereocenters. The Morgan fingerprint density at radius 2 is 1.10 bits per heavy atom. The van der Waals surface area contributed by atoms with Crippen molar-refractivity contribution in [1.29, 1.82) is 0 Å². The highest BCUT2D eigenvalue weighted by atomic mass is 31.2. The van der Waals surface area contributed by atoms with Crippen molar-refractivity contribution in [3.05, 3.63) is 99.1 Å². The van der Waals surface area contributed by atoms with Crippen molar-refractivity contribution in [2.75, 3.05) is 0 Å². The van der Waals surface area contributed by atoms with Gasteiger partial charge in [0, 0.05) is 22.9 Å². The summed E-state index contributed by atoms with van der Waals surface area (Å²) >= 11 is 0. The van der Waals surface area contributed by atoms with Gasteiger partial charge in [0.15, 0.2) is 12.1 Å². The first-order valence-electron chi connectivity index (χ1n) is 13.8. The van der Waals surface area contributed by atoms with Crippen molar-refractivity contribution in [3.63, 3.8) is 0 Å². The molecule has 0 radical (unpaired) electrons. The van der Waals surface area contributed by atoms with E-state index in [4.69, 9.17) is 0 Å². The maximum atomic E-state index is 14.5. The van der Waals surface area contributed by atoms with Gasteiger partial charge < -0.3 is 4.57 Å². The van der Waals surface area contributed by atoms with Gasteiger partial charge in [0.2, 0.25) is 18.2 Å². The van der Waals surface area contributed by atoms with Gasteiger partial charge in [0.05, 0.1) is 0 Å². The van der Waals surface area contributed by atoms with Crippen LogP contribution < -0.4 is 5.30 Å². The van der Waals surface area contributed by atoms with Gasteiger partial charge in [-0.15, -0.1) is 0 Å². The average molecular weight is 561 g/mol. The Morgan fingerprint density at radius 3 is 1.48 bits per heavy atom. The highest BCUT2D eigenvalue weighted by Crippen LogP contribution is 2.52. The van der Waals surface area contributed by atoms with E-state index in [1.165, 1.54) is 0 Å². The summed E-state index contributed by atoms with van der Waals surface area (Å²) in [5.74, 6) is -0.267. The highest BCUT2D eigenvalue weighted by molar-refractivity contribution is 8.01. The second-order valence-electron chi connectivity index (χ2n) is 10.5. The Labute approximate surface area is 238 Å². The Morgan fingerprint density at radius 1 is 0.675 bits per heavy atom. The number of aryl methyl sites for hydroxylation is 6. The minimum atomic E-state index is -4.11. The Kier molecular flexibility index (Phi) is 12.1. The smallest absolute Gasteiger partial charge is 0.248 e. The SMILES string of the molecule is CCCCCCC(=O)C=O.Cc1cc(C)c(C(=O)P(=O)(C(=O)c2c(C)cc(C)cc2C)c2ccccc2)c(C)c1. The molecule has 0 fully saturated rings. The Bertz CT molecular complexity index is 1320. The van der Waals surface area contributed by atoms with E-state index in [0.717, 1.165) is 59.1 Å². The fourth-order valence-corrected chi connectivity index (χ4v) is 7.68. The molecular weight excluding hydrogens is 519 g/mol. The molecule has 0 saturated heterocycles. The number of carbonyl (C=O) groups is 4. The summed E-state index contributed by atoms with van der Waals surface area (Å²) in [6.07, 6.45) is 5.10. The van der Waals surface area contributed by atoms with Crippen LogP contribution in [0.3, 0.4) is 0 Å². The van der Waals surface area contributed by atoms with Crippen molar-refractivity contribution in [1.82, 2.24) is 0 Å². The normalized spacial score (nSPS) is 10.9. The first-order chi connectivity index (χ1) is 18.9. The lowest BCUT2D eigenvalue weighted by atomic mass is 10.0. The van der Waals surface area contributed by atoms with Gasteiger partial charge in [-0.25, -0.2) is 0 Å².